The summed E-state index contributed by atoms with van der Waals surface area (Å²) in [5, 5.41) is -0.0320. The van der Waals surface area contributed by atoms with Crippen LogP contribution >= 0.6 is 26.6 Å². The van der Waals surface area contributed by atoms with Crippen molar-refractivity contribution in [3.05, 3.63) is 29.0 Å². The van der Waals surface area contributed by atoms with Crippen LogP contribution in [0.25, 0.3) is 5.65 Å². The molecular weight excluding hydrogens is 292 g/mol. The summed E-state index contributed by atoms with van der Waals surface area (Å²) in [7, 11) is 1.48. The van der Waals surface area contributed by atoms with Gasteiger partial charge in [0.2, 0.25) is 0 Å². The molecule has 0 radical (unpaired) electrons. The van der Waals surface area contributed by atoms with Gasteiger partial charge in [0.1, 0.15) is 5.65 Å². The highest BCUT2D eigenvalue weighted by atomic mass is 79.9. The van der Waals surface area contributed by atoms with Crippen molar-refractivity contribution in [2.75, 3.05) is 0 Å². The molecule has 74 valence electrons. The van der Waals surface area contributed by atoms with E-state index in [4.69, 9.17) is 10.7 Å². The van der Waals surface area contributed by atoms with E-state index in [9.17, 15) is 8.42 Å². The first-order chi connectivity index (χ1) is 6.48. The summed E-state index contributed by atoms with van der Waals surface area (Å²) in [5.74, 6) is 0. The predicted molar refractivity (Wildman–Crippen MR) is 55.9 cm³/mol. The third-order valence-electron chi connectivity index (χ3n) is 1.69. The Kier molecular flexibility index (Phi) is 2.29. The number of rotatable bonds is 1. The van der Waals surface area contributed by atoms with Gasteiger partial charge in [0.25, 0.3) is 9.05 Å². The van der Waals surface area contributed by atoms with Crippen molar-refractivity contribution in [2.45, 2.75) is 5.03 Å². The van der Waals surface area contributed by atoms with Crippen LogP contribution < -0.4 is 0 Å². The molecule has 0 atom stereocenters. The summed E-state index contributed by atoms with van der Waals surface area (Å²) in [6, 6.07) is 3.46. The average molecular weight is 296 g/mol. The molecule has 0 saturated carbocycles. The molecular formula is C7H4BrClN2O2S. The maximum Gasteiger partial charge on any atom is 0.278 e. The van der Waals surface area contributed by atoms with Gasteiger partial charge in [-0.3, -0.25) is 4.40 Å². The molecule has 0 aliphatic heterocycles. The van der Waals surface area contributed by atoms with Gasteiger partial charge in [-0.1, -0.05) is 0 Å². The van der Waals surface area contributed by atoms with E-state index in [0.717, 1.165) is 4.47 Å². The number of hydrogen-bond donors (Lipinski definition) is 0. The van der Waals surface area contributed by atoms with Gasteiger partial charge in [-0.15, -0.1) is 0 Å². The Bertz CT molecular complexity index is 593. The highest BCUT2D eigenvalue weighted by Gasteiger charge is 2.15. The van der Waals surface area contributed by atoms with Gasteiger partial charge in [0.15, 0.2) is 5.03 Å². The zero-order valence-electron chi connectivity index (χ0n) is 6.68. The Balaban J connectivity index is 2.87. The molecule has 0 unspecified atom stereocenters. The molecule has 14 heavy (non-hydrogen) atoms. The number of imidazole rings is 1. The maximum absolute atomic E-state index is 11.1. The van der Waals surface area contributed by atoms with Crippen LogP contribution in [0.15, 0.2) is 34.0 Å². The summed E-state index contributed by atoms with van der Waals surface area (Å²) in [5.41, 5.74) is 0.535. The van der Waals surface area contributed by atoms with Gasteiger partial charge < -0.3 is 0 Å². The van der Waals surface area contributed by atoms with Crippen molar-refractivity contribution in [1.82, 2.24) is 9.38 Å². The van der Waals surface area contributed by atoms with Crippen LogP contribution in [-0.4, -0.2) is 17.8 Å². The zero-order valence-corrected chi connectivity index (χ0v) is 9.84. The van der Waals surface area contributed by atoms with E-state index in [0.29, 0.717) is 5.65 Å². The Labute approximate surface area is 93.1 Å². The second-order valence-electron chi connectivity index (χ2n) is 2.61. The van der Waals surface area contributed by atoms with Crippen LogP contribution in [0.2, 0.25) is 0 Å². The lowest BCUT2D eigenvalue weighted by atomic mass is 10.5. The molecule has 7 heteroatoms. The predicted octanol–water partition coefficient (Wildman–Crippen LogP) is 2.02. The quantitative estimate of drug-likeness (QED) is 0.756. The summed E-state index contributed by atoms with van der Waals surface area (Å²) in [6.45, 7) is 0. The van der Waals surface area contributed by atoms with Gasteiger partial charge in [-0.05, 0) is 28.1 Å². The van der Waals surface area contributed by atoms with E-state index in [1.165, 1.54) is 10.6 Å². The molecule has 0 aliphatic rings. The highest BCUT2D eigenvalue weighted by Crippen LogP contribution is 2.19. The molecule has 0 amide bonds. The number of pyridine rings is 1. The van der Waals surface area contributed by atoms with Gasteiger partial charge in [0, 0.05) is 21.4 Å². The number of hydrogen-bond acceptors (Lipinski definition) is 3. The number of halogens is 2. The average Bonchev–Trinajstić information content (AvgIpc) is 2.45. The maximum atomic E-state index is 11.1. The highest BCUT2D eigenvalue weighted by molar-refractivity contribution is 9.10. The summed E-state index contributed by atoms with van der Waals surface area (Å²) in [4.78, 5) is 3.90. The van der Waals surface area contributed by atoms with Crippen molar-refractivity contribution in [3.8, 4) is 0 Å². The minimum absolute atomic E-state index is 0.0320. The van der Waals surface area contributed by atoms with Crippen LogP contribution in [-0.2, 0) is 9.05 Å². The first kappa shape index (κ1) is 9.95. The van der Waals surface area contributed by atoms with E-state index in [1.54, 1.807) is 18.3 Å². The normalized spacial score (nSPS) is 12.1. The number of aromatic nitrogens is 2. The second kappa shape index (κ2) is 3.22. The smallest absolute Gasteiger partial charge is 0.278 e. The van der Waals surface area contributed by atoms with Crippen LogP contribution in [0, 0.1) is 0 Å². The van der Waals surface area contributed by atoms with Crippen molar-refractivity contribution in [1.29, 1.82) is 0 Å². The lowest BCUT2D eigenvalue weighted by Gasteiger charge is -1.97. The first-order valence-electron chi connectivity index (χ1n) is 3.56. The monoisotopic (exact) mass is 294 g/mol. The molecule has 2 rings (SSSR count). The third-order valence-corrected chi connectivity index (χ3v) is 3.43. The molecule has 2 aromatic rings. The molecule has 0 aliphatic carbocycles. The van der Waals surface area contributed by atoms with E-state index in [-0.39, 0.29) is 5.03 Å². The first-order valence-corrected chi connectivity index (χ1v) is 6.66. The summed E-state index contributed by atoms with van der Waals surface area (Å²) >= 11 is 3.23. The fraction of sp³-hybridized carbons (Fsp3) is 0. The standard InChI is InChI=1S/C7H4BrClN2O2S/c8-5-1-2-6-10-3-7(11(6)4-5)14(9,12)13/h1-4H. The molecule has 2 aromatic heterocycles. The molecule has 0 saturated heterocycles. The minimum atomic E-state index is -3.75. The van der Waals surface area contributed by atoms with E-state index >= 15 is 0 Å². The lowest BCUT2D eigenvalue weighted by molar-refractivity contribution is 0.605. The lowest BCUT2D eigenvalue weighted by Crippen LogP contribution is -1.96. The van der Waals surface area contributed by atoms with Crippen molar-refractivity contribution >= 4 is 41.3 Å². The van der Waals surface area contributed by atoms with E-state index in [2.05, 4.69) is 20.9 Å². The summed E-state index contributed by atoms with van der Waals surface area (Å²) in [6.07, 6.45) is 2.82. The van der Waals surface area contributed by atoms with Gasteiger partial charge >= 0.3 is 0 Å². The van der Waals surface area contributed by atoms with Gasteiger partial charge in [0.05, 0.1) is 6.20 Å². The van der Waals surface area contributed by atoms with Gasteiger partial charge in [-0.2, -0.15) is 0 Å². The largest absolute Gasteiger partial charge is 0.288 e. The fourth-order valence-corrected chi connectivity index (χ4v) is 2.35. The Morgan fingerprint density at radius 1 is 1.43 bits per heavy atom. The molecule has 0 N–H and O–H groups in total. The fourth-order valence-electron chi connectivity index (χ4n) is 1.11. The van der Waals surface area contributed by atoms with Crippen LogP contribution in [0.1, 0.15) is 0 Å². The van der Waals surface area contributed by atoms with Crippen LogP contribution in [0.5, 0.6) is 0 Å². The topological polar surface area (TPSA) is 51.4 Å². The molecule has 0 spiro atoms. The second-order valence-corrected chi connectivity index (χ2v) is 6.04. The minimum Gasteiger partial charge on any atom is -0.288 e. The molecule has 0 bridgehead atoms. The van der Waals surface area contributed by atoms with E-state index in [1.807, 2.05) is 0 Å². The zero-order chi connectivity index (χ0) is 10.3. The number of fused-ring (bicyclic) bond motifs is 1. The van der Waals surface area contributed by atoms with Crippen molar-refractivity contribution in [3.63, 3.8) is 0 Å². The van der Waals surface area contributed by atoms with Crippen LogP contribution in [0.4, 0.5) is 0 Å². The molecule has 0 aromatic carbocycles. The SMILES string of the molecule is O=S(=O)(Cl)c1cnc2ccc(Br)cn12. The van der Waals surface area contributed by atoms with Gasteiger partial charge in [-0.25, -0.2) is 13.4 Å². The molecule has 4 nitrogen and oxygen atoms in total. The Morgan fingerprint density at radius 3 is 2.79 bits per heavy atom. The Hall–Kier alpha value is -0.590. The molecule has 0 fully saturated rings. The van der Waals surface area contributed by atoms with Crippen molar-refractivity contribution in [2.24, 2.45) is 0 Å². The third kappa shape index (κ3) is 1.65. The summed E-state index contributed by atoms with van der Waals surface area (Å²) < 4.78 is 24.4. The van der Waals surface area contributed by atoms with Crippen molar-refractivity contribution < 1.29 is 8.42 Å². The Morgan fingerprint density at radius 2 is 2.14 bits per heavy atom. The van der Waals surface area contributed by atoms with Crippen LogP contribution in [0.3, 0.4) is 0 Å². The van der Waals surface area contributed by atoms with E-state index < -0.39 is 9.05 Å². The molecule has 2 heterocycles. The number of nitrogens with zero attached hydrogens (tertiary/aromatic N) is 2.